The quantitative estimate of drug-likeness (QED) is 0.666. The van der Waals surface area contributed by atoms with Crippen LogP contribution in [0.25, 0.3) is 10.8 Å². The fourth-order valence-corrected chi connectivity index (χ4v) is 1.68. The number of hydrogen-bond acceptors (Lipinski definition) is 3. The molecule has 2 aromatic carbocycles. The van der Waals surface area contributed by atoms with Crippen molar-refractivity contribution in [3.05, 3.63) is 60.8 Å². The summed E-state index contributed by atoms with van der Waals surface area (Å²) in [4.78, 5) is 0. The summed E-state index contributed by atoms with van der Waals surface area (Å²) in [7, 11) is 0. The molecule has 3 nitrogen and oxygen atoms in total. The number of aromatic nitrogens is 2. The Morgan fingerprint density at radius 3 is 2.47 bits per heavy atom. The average molecular weight is 222 g/mol. The summed E-state index contributed by atoms with van der Waals surface area (Å²) >= 11 is 0. The highest BCUT2D eigenvalue weighted by atomic mass is 16.5. The van der Waals surface area contributed by atoms with E-state index >= 15 is 0 Å². The molecule has 0 fully saturated rings. The van der Waals surface area contributed by atoms with E-state index in [2.05, 4.69) is 10.2 Å². The molecule has 0 amide bonds. The Labute approximate surface area is 98.7 Å². The molecule has 0 atom stereocenters. The maximum absolute atomic E-state index is 5.72. The Morgan fingerprint density at radius 1 is 0.824 bits per heavy atom. The average Bonchev–Trinajstić information content (AvgIpc) is 2.40. The second-order valence-electron chi connectivity index (χ2n) is 3.65. The molecule has 3 heteroatoms. The van der Waals surface area contributed by atoms with Crippen molar-refractivity contribution in [3.8, 4) is 11.6 Å². The Balaban J connectivity index is 2.06. The molecular weight excluding hydrogens is 212 g/mol. The summed E-state index contributed by atoms with van der Waals surface area (Å²) in [5.41, 5.74) is 0. The molecule has 0 aliphatic heterocycles. The zero-order chi connectivity index (χ0) is 11.5. The van der Waals surface area contributed by atoms with E-state index in [1.807, 2.05) is 54.6 Å². The van der Waals surface area contributed by atoms with Crippen LogP contribution in [0.2, 0.25) is 0 Å². The van der Waals surface area contributed by atoms with Gasteiger partial charge in [-0.05, 0) is 18.2 Å². The van der Waals surface area contributed by atoms with Crippen LogP contribution in [0.5, 0.6) is 11.6 Å². The zero-order valence-corrected chi connectivity index (χ0v) is 9.08. The number of ether oxygens (including phenoxy) is 1. The Bertz CT molecular complexity index is 633. The van der Waals surface area contributed by atoms with Gasteiger partial charge in [-0.25, -0.2) is 0 Å². The minimum Gasteiger partial charge on any atom is -0.437 e. The van der Waals surface area contributed by atoms with Gasteiger partial charge in [0.2, 0.25) is 5.88 Å². The third-order valence-electron chi connectivity index (χ3n) is 2.49. The van der Waals surface area contributed by atoms with E-state index < -0.39 is 0 Å². The number of benzene rings is 2. The van der Waals surface area contributed by atoms with E-state index in [9.17, 15) is 0 Å². The highest BCUT2D eigenvalue weighted by Gasteiger charge is 2.04. The molecule has 1 heterocycles. The molecule has 1 aromatic heterocycles. The van der Waals surface area contributed by atoms with E-state index in [-0.39, 0.29) is 0 Å². The van der Waals surface area contributed by atoms with Crippen LogP contribution < -0.4 is 4.74 Å². The first kappa shape index (κ1) is 9.78. The van der Waals surface area contributed by atoms with Crippen molar-refractivity contribution in [2.24, 2.45) is 0 Å². The fourth-order valence-electron chi connectivity index (χ4n) is 1.68. The molecule has 0 spiro atoms. The van der Waals surface area contributed by atoms with Crippen LogP contribution >= 0.6 is 0 Å². The lowest BCUT2D eigenvalue weighted by Crippen LogP contribution is -1.91. The molecule has 3 aromatic rings. The largest absolute Gasteiger partial charge is 0.437 e. The molecule has 0 bridgehead atoms. The van der Waals surface area contributed by atoms with Gasteiger partial charge in [-0.2, -0.15) is 5.10 Å². The smallest absolute Gasteiger partial charge is 0.246 e. The van der Waals surface area contributed by atoms with Gasteiger partial charge < -0.3 is 4.74 Å². The van der Waals surface area contributed by atoms with Crippen molar-refractivity contribution in [1.29, 1.82) is 0 Å². The van der Waals surface area contributed by atoms with Crippen LogP contribution in [0.3, 0.4) is 0 Å². The number of rotatable bonds is 2. The molecule has 17 heavy (non-hydrogen) atoms. The van der Waals surface area contributed by atoms with Gasteiger partial charge in [-0.1, -0.05) is 36.4 Å². The second-order valence-corrected chi connectivity index (χ2v) is 3.65. The van der Waals surface area contributed by atoms with Crippen molar-refractivity contribution >= 4 is 10.8 Å². The molecule has 0 unspecified atom stereocenters. The molecule has 0 N–H and O–H groups in total. The van der Waals surface area contributed by atoms with Crippen molar-refractivity contribution in [1.82, 2.24) is 10.2 Å². The predicted molar refractivity (Wildman–Crippen MR) is 66.1 cm³/mol. The summed E-state index contributed by atoms with van der Waals surface area (Å²) < 4.78 is 5.72. The van der Waals surface area contributed by atoms with Crippen molar-refractivity contribution in [2.75, 3.05) is 0 Å². The van der Waals surface area contributed by atoms with E-state index in [0.29, 0.717) is 5.88 Å². The lowest BCUT2D eigenvalue weighted by molar-refractivity contribution is 0.462. The lowest BCUT2D eigenvalue weighted by Gasteiger charge is -2.06. The first-order valence-electron chi connectivity index (χ1n) is 5.37. The third kappa shape index (κ3) is 1.95. The van der Waals surface area contributed by atoms with E-state index in [0.717, 1.165) is 16.5 Å². The van der Waals surface area contributed by atoms with Gasteiger partial charge in [0, 0.05) is 10.8 Å². The maximum atomic E-state index is 5.72. The van der Waals surface area contributed by atoms with Gasteiger partial charge in [-0.3, -0.25) is 0 Å². The summed E-state index contributed by atoms with van der Waals surface area (Å²) in [6.07, 6.45) is 1.73. The highest BCUT2D eigenvalue weighted by Crippen LogP contribution is 2.26. The molecule has 0 radical (unpaired) electrons. The number of nitrogens with zero attached hydrogens (tertiary/aromatic N) is 2. The summed E-state index contributed by atoms with van der Waals surface area (Å²) in [5, 5.41) is 9.95. The molecular formula is C14H10N2O. The number of hydrogen-bond donors (Lipinski definition) is 0. The SMILES string of the molecule is c1ccc(Oc2nncc3ccccc23)cc1. The van der Waals surface area contributed by atoms with Crippen LogP contribution in [0.4, 0.5) is 0 Å². The van der Waals surface area contributed by atoms with Crippen molar-refractivity contribution in [2.45, 2.75) is 0 Å². The normalized spacial score (nSPS) is 10.4. The van der Waals surface area contributed by atoms with Gasteiger partial charge in [0.05, 0.1) is 6.20 Å². The van der Waals surface area contributed by atoms with Gasteiger partial charge in [0.15, 0.2) is 0 Å². The summed E-state index contributed by atoms with van der Waals surface area (Å²) in [6.45, 7) is 0. The Hall–Kier alpha value is -2.42. The van der Waals surface area contributed by atoms with Gasteiger partial charge in [0.1, 0.15) is 5.75 Å². The fraction of sp³-hybridized carbons (Fsp3) is 0. The molecule has 0 saturated carbocycles. The number of para-hydroxylation sites is 1. The standard InChI is InChI=1S/C14H10N2O/c1-2-7-12(8-3-1)17-14-13-9-5-4-6-11(13)10-15-16-14/h1-10H. The lowest BCUT2D eigenvalue weighted by atomic mass is 10.2. The Kier molecular flexibility index (Phi) is 2.43. The van der Waals surface area contributed by atoms with Crippen molar-refractivity contribution < 1.29 is 4.74 Å². The first-order chi connectivity index (χ1) is 8.43. The minimum atomic E-state index is 0.536. The van der Waals surface area contributed by atoms with Crippen LogP contribution in [0.15, 0.2) is 60.8 Å². The first-order valence-corrected chi connectivity index (χ1v) is 5.37. The van der Waals surface area contributed by atoms with Crippen LogP contribution in [-0.4, -0.2) is 10.2 Å². The highest BCUT2D eigenvalue weighted by molar-refractivity contribution is 5.85. The summed E-state index contributed by atoms with van der Waals surface area (Å²) in [6, 6.07) is 17.5. The van der Waals surface area contributed by atoms with Gasteiger partial charge in [0.25, 0.3) is 0 Å². The molecule has 0 saturated heterocycles. The topological polar surface area (TPSA) is 35.0 Å². The van der Waals surface area contributed by atoms with Crippen LogP contribution in [-0.2, 0) is 0 Å². The molecule has 0 aliphatic rings. The predicted octanol–water partition coefficient (Wildman–Crippen LogP) is 3.42. The Morgan fingerprint density at radius 2 is 1.59 bits per heavy atom. The molecule has 82 valence electrons. The van der Waals surface area contributed by atoms with Crippen molar-refractivity contribution in [3.63, 3.8) is 0 Å². The monoisotopic (exact) mass is 222 g/mol. The van der Waals surface area contributed by atoms with Gasteiger partial charge >= 0.3 is 0 Å². The maximum Gasteiger partial charge on any atom is 0.246 e. The van der Waals surface area contributed by atoms with E-state index in [4.69, 9.17) is 4.74 Å². The second kappa shape index (κ2) is 4.22. The minimum absolute atomic E-state index is 0.536. The zero-order valence-electron chi connectivity index (χ0n) is 9.08. The number of fused-ring (bicyclic) bond motifs is 1. The summed E-state index contributed by atoms with van der Waals surface area (Å²) in [5.74, 6) is 1.30. The van der Waals surface area contributed by atoms with E-state index in [1.165, 1.54) is 0 Å². The van der Waals surface area contributed by atoms with Crippen LogP contribution in [0, 0.1) is 0 Å². The third-order valence-corrected chi connectivity index (χ3v) is 2.49. The van der Waals surface area contributed by atoms with Gasteiger partial charge in [-0.15, -0.1) is 5.10 Å². The molecule has 3 rings (SSSR count). The van der Waals surface area contributed by atoms with E-state index in [1.54, 1.807) is 6.20 Å². The molecule has 0 aliphatic carbocycles. The van der Waals surface area contributed by atoms with Crippen LogP contribution in [0.1, 0.15) is 0 Å².